The molecular weight excluding hydrogens is 328 g/mol. The summed E-state index contributed by atoms with van der Waals surface area (Å²) < 4.78 is 0. The lowest BCUT2D eigenvalue weighted by Gasteiger charge is -2.57. The lowest BCUT2D eigenvalue weighted by molar-refractivity contribution is -0.0112. The number of rotatable bonds is 2. The first-order valence-corrected chi connectivity index (χ1v) is 10.3. The lowest BCUT2D eigenvalue weighted by Crippen LogP contribution is -2.63. The van der Waals surface area contributed by atoms with Crippen LogP contribution in [0.2, 0.25) is 0 Å². The molecule has 4 nitrogen and oxygen atoms in total. The van der Waals surface area contributed by atoms with E-state index in [-0.39, 0.29) is 0 Å². The van der Waals surface area contributed by atoms with Crippen LogP contribution in [0.3, 0.4) is 0 Å². The molecule has 4 aliphatic carbocycles. The molecule has 1 N–H and O–H groups in total. The maximum absolute atomic E-state index is 5.85. The zero-order chi connectivity index (χ0) is 16.9. The van der Waals surface area contributed by atoms with Gasteiger partial charge in [-0.25, -0.2) is 4.98 Å². The van der Waals surface area contributed by atoms with Crippen LogP contribution in [-0.4, -0.2) is 46.7 Å². The van der Waals surface area contributed by atoms with E-state index in [2.05, 4.69) is 32.2 Å². The molecule has 1 saturated heterocycles. The van der Waals surface area contributed by atoms with Gasteiger partial charge in [-0.1, -0.05) is 6.07 Å². The number of anilines is 1. The summed E-state index contributed by atoms with van der Waals surface area (Å²) >= 11 is 5.85. The van der Waals surface area contributed by atoms with Crippen molar-refractivity contribution in [1.82, 2.24) is 15.2 Å². The monoisotopic (exact) mass is 356 g/mol. The number of hydrogen-bond donors (Lipinski definition) is 1. The molecule has 4 bridgehead atoms. The van der Waals surface area contributed by atoms with E-state index in [1.54, 1.807) is 0 Å². The predicted molar refractivity (Wildman–Crippen MR) is 105 cm³/mol. The fraction of sp³-hybridized carbons (Fsp3) is 0.700. The molecule has 5 aliphatic rings. The molecule has 1 aromatic rings. The summed E-state index contributed by atoms with van der Waals surface area (Å²) in [5.41, 5.74) is 0.323. The number of thiocarbonyl (C=S) groups is 1. The molecule has 1 aliphatic heterocycles. The molecule has 6 rings (SSSR count). The molecule has 1 aromatic heterocycles. The van der Waals surface area contributed by atoms with Crippen molar-refractivity contribution in [2.45, 2.75) is 44.1 Å². The minimum absolute atomic E-state index is 0.323. The van der Waals surface area contributed by atoms with Crippen molar-refractivity contribution in [1.29, 1.82) is 0 Å². The first kappa shape index (κ1) is 15.9. The standard InChI is InChI=1S/C20H28N4S/c25-19(22-20-12-15-9-16(13-20)11-17(10-15)14-20)24-7-5-23(6-8-24)18-3-1-2-4-21-18/h1-4,15-17H,5-14H2,(H,22,25). The second-order valence-corrected chi connectivity index (χ2v) is 9.18. The maximum Gasteiger partial charge on any atom is 0.169 e. The first-order chi connectivity index (χ1) is 12.2. The fourth-order valence-corrected chi connectivity index (χ4v) is 6.65. The summed E-state index contributed by atoms with van der Waals surface area (Å²) in [6.45, 7) is 3.99. The number of nitrogens with zero attached hydrogens (tertiary/aromatic N) is 3. The van der Waals surface area contributed by atoms with Crippen molar-refractivity contribution in [2.24, 2.45) is 17.8 Å². The van der Waals surface area contributed by atoms with Crippen molar-refractivity contribution in [3.05, 3.63) is 24.4 Å². The zero-order valence-electron chi connectivity index (χ0n) is 14.9. The summed E-state index contributed by atoms with van der Waals surface area (Å²) in [5.74, 6) is 3.97. The summed E-state index contributed by atoms with van der Waals surface area (Å²) in [6.07, 6.45) is 10.4. The average Bonchev–Trinajstić information content (AvgIpc) is 2.61. The lowest BCUT2D eigenvalue weighted by atomic mass is 9.53. The molecule has 5 fully saturated rings. The molecule has 134 valence electrons. The minimum Gasteiger partial charge on any atom is -0.357 e. The van der Waals surface area contributed by atoms with Gasteiger partial charge in [-0.15, -0.1) is 0 Å². The molecule has 5 heteroatoms. The number of nitrogens with one attached hydrogen (secondary N) is 1. The molecule has 25 heavy (non-hydrogen) atoms. The van der Waals surface area contributed by atoms with Gasteiger partial charge in [0, 0.05) is 37.9 Å². The van der Waals surface area contributed by atoms with Crippen molar-refractivity contribution in [3.8, 4) is 0 Å². The van der Waals surface area contributed by atoms with Crippen molar-refractivity contribution in [2.75, 3.05) is 31.1 Å². The average molecular weight is 357 g/mol. The molecule has 0 amide bonds. The summed E-state index contributed by atoms with van der Waals surface area (Å²) in [4.78, 5) is 9.23. The van der Waals surface area contributed by atoms with Gasteiger partial charge in [0.15, 0.2) is 5.11 Å². The van der Waals surface area contributed by atoms with Crippen LogP contribution in [0.15, 0.2) is 24.4 Å². The normalized spacial score (nSPS) is 36.6. The van der Waals surface area contributed by atoms with E-state index in [1.165, 1.54) is 38.5 Å². The van der Waals surface area contributed by atoms with Crippen LogP contribution in [0.4, 0.5) is 5.82 Å². The van der Waals surface area contributed by atoms with Crippen LogP contribution >= 0.6 is 12.2 Å². The number of hydrogen-bond acceptors (Lipinski definition) is 3. The van der Waals surface area contributed by atoms with Gasteiger partial charge >= 0.3 is 0 Å². The number of aromatic nitrogens is 1. The Bertz CT molecular complexity index is 603. The van der Waals surface area contributed by atoms with Gasteiger partial charge in [0.25, 0.3) is 0 Å². The predicted octanol–water partition coefficient (Wildman–Crippen LogP) is 3.05. The highest BCUT2D eigenvalue weighted by Gasteiger charge is 2.51. The largest absolute Gasteiger partial charge is 0.357 e. The topological polar surface area (TPSA) is 31.4 Å². The third-order valence-corrected chi connectivity index (χ3v) is 7.31. The Hall–Kier alpha value is -1.36. The smallest absolute Gasteiger partial charge is 0.169 e. The third kappa shape index (κ3) is 3.01. The Labute approximate surface area is 156 Å². The van der Waals surface area contributed by atoms with Crippen LogP contribution in [0.1, 0.15) is 38.5 Å². The maximum atomic E-state index is 5.85. The SMILES string of the molecule is S=C(NC12CC3CC(CC(C3)C1)C2)N1CCN(c2ccccn2)CC1. The third-order valence-electron chi connectivity index (χ3n) is 6.95. The van der Waals surface area contributed by atoms with Crippen LogP contribution < -0.4 is 10.2 Å². The van der Waals surface area contributed by atoms with Gasteiger partial charge in [0.2, 0.25) is 0 Å². The van der Waals surface area contributed by atoms with Crippen LogP contribution in [0, 0.1) is 17.8 Å². The highest BCUT2D eigenvalue weighted by atomic mass is 32.1. The van der Waals surface area contributed by atoms with Crippen molar-refractivity contribution >= 4 is 23.1 Å². The van der Waals surface area contributed by atoms with Crippen molar-refractivity contribution < 1.29 is 0 Å². The molecule has 0 spiro atoms. The molecule has 0 aromatic carbocycles. The summed E-state index contributed by atoms with van der Waals surface area (Å²) in [5, 5.41) is 4.87. The molecule has 0 atom stereocenters. The van der Waals surface area contributed by atoms with E-state index in [0.717, 1.165) is 54.9 Å². The Morgan fingerprint density at radius 2 is 1.64 bits per heavy atom. The Morgan fingerprint density at radius 3 is 2.20 bits per heavy atom. The Kier molecular flexibility index (Phi) is 3.88. The van der Waals surface area contributed by atoms with E-state index in [4.69, 9.17) is 12.2 Å². The van der Waals surface area contributed by atoms with Crippen LogP contribution in [0.25, 0.3) is 0 Å². The summed E-state index contributed by atoms with van der Waals surface area (Å²) in [7, 11) is 0. The highest BCUT2D eigenvalue weighted by Crippen LogP contribution is 2.55. The van der Waals surface area contributed by atoms with Gasteiger partial charge in [0.05, 0.1) is 0 Å². The minimum atomic E-state index is 0.323. The molecule has 4 saturated carbocycles. The van der Waals surface area contributed by atoms with Gasteiger partial charge in [0.1, 0.15) is 5.82 Å². The highest BCUT2D eigenvalue weighted by molar-refractivity contribution is 7.80. The summed E-state index contributed by atoms with van der Waals surface area (Å²) in [6, 6.07) is 6.14. The Balaban J connectivity index is 1.20. The van der Waals surface area contributed by atoms with Gasteiger partial charge in [-0.2, -0.15) is 0 Å². The number of pyridine rings is 1. The first-order valence-electron chi connectivity index (χ1n) is 9.92. The molecule has 0 unspecified atom stereocenters. The van der Waals surface area contributed by atoms with Gasteiger partial charge < -0.3 is 15.1 Å². The molecule has 2 heterocycles. The van der Waals surface area contributed by atoms with Crippen molar-refractivity contribution in [3.63, 3.8) is 0 Å². The van der Waals surface area contributed by atoms with E-state index >= 15 is 0 Å². The fourth-order valence-electron chi connectivity index (χ4n) is 6.25. The second-order valence-electron chi connectivity index (χ2n) is 8.79. The van der Waals surface area contributed by atoms with Gasteiger partial charge in [-0.05, 0) is 80.6 Å². The van der Waals surface area contributed by atoms with E-state index in [9.17, 15) is 0 Å². The van der Waals surface area contributed by atoms with Crippen LogP contribution in [0.5, 0.6) is 0 Å². The zero-order valence-corrected chi connectivity index (χ0v) is 15.7. The quantitative estimate of drug-likeness (QED) is 0.823. The number of piperazine rings is 1. The van der Waals surface area contributed by atoms with E-state index in [1.807, 2.05) is 12.3 Å². The van der Waals surface area contributed by atoms with E-state index < -0.39 is 0 Å². The van der Waals surface area contributed by atoms with Crippen LogP contribution in [-0.2, 0) is 0 Å². The van der Waals surface area contributed by atoms with E-state index in [0.29, 0.717) is 5.54 Å². The molecular formula is C20H28N4S. The molecule has 0 radical (unpaired) electrons. The van der Waals surface area contributed by atoms with Gasteiger partial charge in [-0.3, -0.25) is 0 Å². The Morgan fingerprint density at radius 1 is 1.00 bits per heavy atom. The second kappa shape index (κ2) is 6.11.